The zero-order valence-corrected chi connectivity index (χ0v) is 14.1. The molecule has 0 fully saturated rings. The van der Waals surface area contributed by atoms with Gasteiger partial charge in [0, 0.05) is 16.6 Å². The molecular formula is C15H12BrClFNO3. The summed E-state index contributed by atoms with van der Waals surface area (Å²) >= 11 is 9.20. The minimum absolute atomic E-state index is 0.0923. The van der Waals surface area contributed by atoms with E-state index in [4.69, 9.17) is 21.1 Å². The van der Waals surface area contributed by atoms with E-state index in [1.54, 1.807) is 0 Å². The largest absolute Gasteiger partial charge is 0.495 e. The van der Waals surface area contributed by atoms with Gasteiger partial charge in [0.25, 0.3) is 5.91 Å². The van der Waals surface area contributed by atoms with Crippen LogP contribution in [0.15, 0.2) is 34.8 Å². The number of hydrogen-bond acceptors (Lipinski definition) is 3. The zero-order chi connectivity index (χ0) is 16.3. The molecule has 4 nitrogen and oxygen atoms in total. The number of methoxy groups -OCH3 is 2. The van der Waals surface area contributed by atoms with E-state index in [1.165, 1.54) is 44.6 Å². The van der Waals surface area contributed by atoms with Gasteiger partial charge in [0.05, 0.1) is 30.5 Å². The average molecular weight is 389 g/mol. The Morgan fingerprint density at radius 3 is 2.50 bits per heavy atom. The van der Waals surface area contributed by atoms with Crippen LogP contribution >= 0.6 is 27.5 Å². The van der Waals surface area contributed by atoms with Crippen LogP contribution < -0.4 is 14.8 Å². The zero-order valence-electron chi connectivity index (χ0n) is 11.7. The lowest BCUT2D eigenvalue weighted by atomic mass is 10.2. The van der Waals surface area contributed by atoms with Crippen LogP contribution in [0.5, 0.6) is 11.5 Å². The number of rotatable bonds is 4. The summed E-state index contributed by atoms with van der Waals surface area (Å²) in [5, 5.41) is 2.92. The van der Waals surface area contributed by atoms with Crippen molar-refractivity contribution in [3.8, 4) is 11.5 Å². The topological polar surface area (TPSA) is 47.6 Å². The highest BCUT2D eigenvalue weighted by Crippen LogP contribution is 2.36. The van der Waals surface area contributed by atoms with Gasteiger partial charge in [-0.05, 0) is 18.2 Å². The Morgan fingerprint density at radius 1 is 1.18 bits per heavy atom. The average Bonchev–Trinajstić information content (AvgIpc) is 2.50. The molecule has 0 bridgehead atoms. The van der Waals surface area contributed by atoms with Crippen molar-refractivity contribution < 1.29 is 18.7 Å². The first-order chi connectivity index (χ1) is 10.5. The van der Waals surface area contributed by atoms with E-state index >= 15 is 0 Å². The number of halogens is 3. The first-order valence-corrected chi connectivity index (χ1v) is 7.31. The van der Waals surface area contributed by atoms with Gasteiger partial charge in [0.1, 0.15) is 17.3 Å². The van der Waals surface area contributed by atoms with E-state index in [2.05, 4.69) is 21.2 Å². The molecule has 22 heavy (non-hydrogen) atoms. The molecule has 0 heterocycles. The van der Waals surface area contributed by atoms with Gasteiger partial charge in [-0.1, -0.05) is 27.5 Å². The Morgan fingerprint density at radius 2 is 1.86 bits per heavy atom. The standard InChI is InChI=1S/C15H12BrClFNO3/c1-21-13-7-12(14(22-2)6-10(13)17)19-15(20)9-5-8(16)3-4-11(9)18/h3-7H,1-2H3,(H,19,20). The maximum absolute atomic E-state index is 13.8. The number of nitrogens with one attached hydrogen (secondary N) is 1. The molecule has 0 aliphatic rings. The van der Waals surface area contributed by atoms with Crippen LogP contribution in [-0.2, 0) is 0 Å². The molecule has 116 valence electrons. The fraction of sp³-hybridized carbons (Fsp3) is 0.133. The van der Waals surface area contributed by atoms with Gasteiger partial charge in [-0.25, -0.2) is 4.39 Å². The SMILES string of the molecule is COc1cc(NC(=O)c2cc(Br)ccc2F)c(OC)cc1Cl. The van der Waals surface area contributed by atoms with Gasteiger partial charge in [0.2, 0.25) is 0 Å². The number of carbonyl (C=O) groups is 1. The van der Waals surface area contributed by atoms with E-state index in [-0.39, 0.29) is 5.56 Å². The Bertz CT molecular complexity index is 724. The van der Waals surface area contributed by atoms with Crippen LogP contribution in [0.25, 0.3) is 0 Å². The van der Waals surface area contributed by atoms with Gasteiger partial charge in [-0.2, -0.15) is 0 Å². The summed E-state index contributed by atoms with van der Waals surface area (Å²) in [4.78, 5) is 12.2. The molecule has 7 heteroatoms. The van der Waals surface area contributed by atoms with E-state index in [9.17, 15) is 9.18 Å². The van der Waals surface area contributed by atoms with Gasteiger partial charge in [0.15, 0.2) is 0 Å². The second kappa shape index (κ2) is 6.98. The van der Waals surface area contributed by atoms with E-state index in [0.717, 1.165) is 0 Å². The first-order valence-electron chi connectivity index (χ1n) is 6.14. The van der Waals surface area contributed by atoms with Crippen LogP contribution in [0.4, 0.5) is 10.1 Å². The lowest BCUT2D eigenvalue weighted by molar-refractivity contribution is 0.102. The van der Waals surface area contributed by atoms with E-state index in [0.29, 0.717) is 26.7 Å². The molecule has 2 aromatic carbocycles. The second-order valence-electron chi connectivity index (χ2n) is 4.27. The smallest absolute Gasteiger partial charge is 0.258 e. The Labute approximate surface area is 140 Å². The van der Waals surface area contributed by atoms with E-state index in [1.807, 2.05) is 0 Å². The van der Waals surface area contributed by atoms with Crippen LogP contribution in [0, 0.1) is 5.82 Å². The minimum atomic E-state index is -0.624. The van der Waals surface area contributed by atoms with Crippen LogP contribution in [0.3, 0.4) is 0 Å². The third kappa shape index (κ3) is 3.51. The summed E-state index contributed by atoms with van der Waals surface area (Å²) in [7, 11) is 2.89. The van der Waals surface area contributed by atoms with Crippen molar-refractivity contribution in [3.63, 3.8) is 0 Å². The van der Waals surface area contributed by atoms with Crippen molar-refractivity contribution >= 4 is 39.1 Å². The predicted molar refractivity (Wildman–Crippen MR) is 86.6 cm³/mol. The lowest BCUT2D eigenvalue weighted by Crippen LogP contribution is -2.14. The second-order valence-corrected chi connectivity index (χ2v) is 5.59. The predicted octanol–water partition coefficient (Wildman–Crippen LogP) is 4.51. The molecular weight excluding hydrogens is 377 g/mol. The number of carbonyl (C=O) groups excluding carboxylic acids is 1. The molecule has 2 rings (SSSR count). The van der Waals surface area contributed by atoms with Gasteiger partial charge in [-0.3, -0.25) is 4.79 Å². The lowest BCUT2D eigenvalue weighted by Gasteiger charge is -2.13. The summed E-state index contributed by atoms with van der Waals surface area (Å²) < 4.78 is 24.6. The van der Waals surface area contributed by atoms with Gasteiger partial charge in [-0.15, -0.1) is 0 Å². The maximum Gasteiger partial charge on any atom is 0.258 e. The number of hydrogen-bond donors (Lipinski definition) is 1. The highest BCUT2D eigenvalue weighted by molar-refractivity contribution is 9.10. The molecule has 0 radical (unpaired) electrons. The van der Waals surface area contributed by atoms with Crippen LogP contribution in [-0.4, -0.2) is 20.1 Å². The molecule has 0 atom stereocenters. The number of amides is 1. The molecule has 0 aromatic heterocycles. The van der Waals surface area contributed by atoms with Crippen LogP contribution in [0.1, 0.15) is 10.4 Å². The molecule has 0 spiro atoms. The van der Waals surface area contributed by atoms with E-state index < -0.39 is 11.7 Å². The molecule has 0 unspecified atom stereocenters. The first kappa shape index (κ1) is 16.6. The normalized spacial score (nSPS) is 10.2. The third-order valence-corrected chi connectivity index (χ3v) is 3.68. The quantitative estimate of drug-likeness (QED) is 0.838. The van der Waals surface area contributed by atoms with Crippen molar-refractivity contribution in [2.75, 3.05) is 19.5 Å². The fourth-order valence-corrected chi connectivity index (χ4v) is 2.41. The summed E-state index contributed by atoms with van der Waals surface area (Å²) in [6.07, 6.45) is 0. The van der Waals surface area contributed by atoms with Crippen molar-refractivity contribution in [2.24, 2.45) is 0 Å². The molecule has 1 amide bonds. The fourth-order valence-electron chi connectivity index (χ4n) is 1.82. The summed E-state index contributed by atoms with van der Waals surface area (Å²) in [5.74, 6) is -0.524. The van der Waals surface area contributed by atoms with Crippen molar-refractivity contribution in [2.45, 2.75) is 0 Å². The third-order valence-electron chi connectivity index (χ3n) is 2.90. The summed E-state index contributed by atoms with van der Waals surface area (Å²) in [6.45, 7) is 0. The Hall–Kier alpha value is -1.79. The highest BCUT2D eigenvalue weighted by atomic mass is 79.9. The summed E-state index contributed by atoms with van der Waals surface area (Å²) in [5.41, 5.74) is 0.235. The number of anilines is 1. The molecule has 2 aromatic rings. The van der Waals surface area contributed by atoms with Crippen molar-refractivity contribution in [1.82, 2.24) is 0 Å². The molecule has 0 aliphatic carbocycles. The van der Waals surface area contributed by atoms with Crippen LogP contribution in [0.2, 0.25) is 5.02 Å². The summed E-state index contributed by atoms with van der Waals surface area (Å²) in [6, 6.07) is 7.13. The Balaban J connectivity index is 2.37. The number of benzene rings is 2. The van der Waals surface area contributed by atoms with Crippen molar-refractivity contribution in [1.29, 1.82) is 0 Å². The van der Waals surface area contributed by atoms with Gasteiger partial charge >= 0.3 is 0 Å². The molecule has 0 aliphatic heterocycles. The molecule has 1 N–H and O–H groups in total. The maximum atomic E-state index is 13.8. The van der Waals surface area contributed by atoms with Crippen molar-refractivity contribution in [3.05, 3.63) is 51.2 Å². The molecule has 0 saturated carbocycles. The number of ether oxygens (including phenoxy) is 2. The molecule has 0 saturated heterocycles. The highest BCUT2D eigenvalue weighted by Gasteiger charge is 2.16. The minimum Gasteiger partial charge on any atom is -0.495 e. The Kier molecular flexibility index (Phi) is 5.26. The monoisotopic (exact) mass is 387 g/mol. The van der Waals surface area contributed by atoms with Gasteiger partial charge < -0.3 is 14.8 Å².